The molecular formula is C17H17N7OS. The normalized spacial score (nSPS) is 13.7. The van der Waals surface area contributed by atoms with E-state index >= 15 is 0 Å². The predicted molar refractivity (Wildman–Crippen MR) is 99.8 cm³/mol. The molecule has 0 aromatic carbocycles. The van der Waals surface area contributed by atoms with E-state index in [1.807, 2.05) is 24.4 Å². The van der Waals surface area contributed by atoms with Gasteiger partial charge in [-0.1, -0.05) is 0 Å². The highest BCUT2D eigenvalue weighted by Gasteiger charge is 2.18. The second-order valence-corrected chi connectivity index (χ2v) is 6.71. The molecule has 1 fully saturated rings. The molecule has 0 aliphatic carbocycles. The summed E-state index contributed by atoms with van der Waals surface area (Å²) >= 11 is 1.56. The lowest BCUT2D eigenvalue weighted by Gasteiger charge is -2.14. The summed E-state index contributed by atoms with van der Waals surface area (Å²) in [7, 11) is 0. The fourth-order valence-electron chi connectivity index (χ4n) is 2.62. The van der Waals surface area contributed by atoms with Crippen molar-refractivity contribution < 1.29 is 4.79 Å². The van der Waals surface area contributed by atoms with Gasteiger partial charge in [-0.25, -0.2) is 19.7 Å². The van der Waals surface area contributed by atoms with Crippen LogP contribution < -0.4 is 10.6 Å². The van der Waals surface area contributed by atoms with E-state index in [1.165, 1.54) is 0 Å². The SMILES string of the molecule is O=C1NCCN1CCNc1nccc(-c2cnc(-c3cccnc3)s2)n1. The van der Waals surface area contributed by atoms with Crippen LogP contribution >= 0.6 is 11.3 Å². The van der Waals surface area contributed by atoms with Crippen molar-refractivity contribution in [3.05, 3.63) is 43.0 Å². The highest BCUT2D eigenvalue weighted by atomic mass is 32.1. The molecule has 0 radical (unpaired) electrons. The van der Waals surface area contributed by atoms with Crippen LogP contribution in [-0.4, -0.2) is 57.0 Å². The van der Waals surface area contributed by atoms with Gasteiger partial charge in [0, 0.05) is 56.5 Å². The van der Waals surface area contributed by atoms with Crippen LogP contribution in [0.1, 0.15) is 0 Å². The molecule has 0 saturated carbocycles. The molecule has 3 aromatic heterocycles. The molecule has 9 heteroatoms. The lowest BCUT2D eigenvalue weighted by molar-refractivity contribution is 0.219. The number of carbonyl (C=O) groups excluding carboxylic acids is 1. The summed E-state index contributed by atoms with van der Waals surface area (Å²) in [5, 5.41) is 6.86. The Labute approximate surface area is 154 Å². The molecule has 0 spiro atoms. The van der Waals surface area contributed by atoms with E-state index < -0.39 is 0 Å². The van der Waals surface area contributed by atoms with Gasteiger partial charge in [0.05, 0.1) is 10.6 Å². The fourth-order valence-corrected chi connectivity index (χ4v) is 3.50. The Kier molecular flexibility index (Phi) is 4.69. The number of nitrogens with zero attached hydrogens (tertiary/aromatic N) is 5. The second kappa shape index (κ2) is 7.44. The maximum atomic E-state index is 11.5. The number of thiazole rings is 1. The zero-order valence-corrected chi connectivity index (χ0v) is 14.7. The van der Waals surface area contributed by atoms with Crippen molar-refractivity contribution in [2.75, 3.05) is 31.5 Å². The van der Waals surface area contributed by atoms with E-state index in [2.05, 4.69) is 30.6 Å². The van der Waals surface area contributed by atoms with Crippen LogP contribution in [0.3, 0.4) is 0 Å². The van der Waals surface area contributed by atoms with Crippen LogP contribution in [0.2, 0.25) is 0 Å². The lowest BCUT2D eigenvalue weighted by Crippen LogP contribution is -2.32. The molecule has 2 N–H and O–H groups in total. The Morgan fingerprint density at radius 3 is 3.00 bits per heavy atom. The molecular weight excluding hydrogens is 350 g/mol. The van der Waals surface area contributed by atoms with Gasteiger partial charge in [-0.2, -0.15) is 0 Å². The van der Waals surface area contributed by atoms with E-state index in [-0.39, 0.29) is 6.03 Å². The van der Waals surface area contributed by atoms with Crippen LogP contribution in [0.5, 0.6) is 0 Å². The molecule has 8 nitrogen and oxygen atoms in total. The van der Waals surface area contributed by atoms with Gasteiger partial charge in [0.25, 0.3) is 0 Å². The number of urea groups is 1. The minimum Gasteiger partial charge on any atom is -0.352 e. The van der Waals surface area contributed by atoms with Gasteiger partial charge < -0.3 is 15.5 Å². The van der Waals surface area contributed by atoms with Gasteiger partial charge in [0.1, 0.15) is 5.01 Å². The molecule has 1 saturated heterocycles. The van der Waals surface area contributed by atoms with Gasteiger partial charge in [-0.15, -0.1) is 11.3 Å². The summed E-state index contributed by atoms with van der Waals surface area (Å²) in [6.07, 6.45) is 7.07. The van der Waals surface area contributed by atoms with Crippen molar-refractivity contribution in [1.82, 2.24) is 30.2 Å². The summed E-state index contributed by atoms with van der Waals surface area (Å²) < 4.78 is 0. The fraction of sp³-hybridized carbons (Fsp3) is 0.235. The molecule has 0 atom stereocenters. The highest BCUT2D eigenvalue weighted by Crippen LogP contribution is 2.30. The first-order chi connectivity index (χ1) is 12.8. The van der Waals surface area contributed by atoms with Crippen molar-refractivity contribution in [3.8, 4) is 21.1 Å². The minimum atomic E-state index is -0.0194. The molecule has 0 bridgehead atoms. The van der Waals surface area contributed by atoms with Crippen LogP contribution in [0.4, 0.5) is 10.7 Å². The van der Waals surface area contributed by atoms with Crippen molar-refractivity contribution in [2.24, 2.45) is 0 Å². The topological polar surface area (TPSA) is 95.9 Å². The number of pyridine rings is 1. The Morgan fingerprint density at radius 1 is 1.23 bits per heavy atom. The number of hydrogen-bond donors (Lipinski definition) is 2. The van der Waals surface area contributed by atoms with Crippen LogP contribution in [0.25, 0.3) is 21.1 Å². The maximum Gasteiger partial charge on any atom is 0.317 e. The third kappa shape index (κ3) is 3.62. The molecule has 0 unspecified atom stereocenters. The Hall–Kier alpha value is -3.07. The number of nitrogens with one attached hydrogen (secondary N) is 2. The van der Waals surface area contributed by atoms with E-state index in [1.54, 1.807) is 34.8 Å². The summed E-state index contributed by atoms with van der Waals surface area (Å²) in [5.41, 5.74) is 1.80. The molecule has 1 aliphatic heterocycles. The summed E-state index contributed by atoms with van der Waals surface area (Å²) in [6.45, 7) is 2.65. The van der Waals surface area contributed by atoms with Crippen molar-refractivity contribution in [1.29, 1.82) is 0 Å². The summed E-state index contributed by atoms with van der Waals surface area (Å²) in [4.78, 5) is 31.6. The third-order valence-electron chi connectivity index (χ3n) is 3.93. The van der Waals surface area contributed by atoms with Crippen LogP contribution in [-0.2, 0) is 0 Å². The average molecular weight is 367 g/mol. The zero-order valence-electron chi connectivity index (χ0n) is 13.9. The van der Waals surface area contributed by atoms with Crippen molar-refractivity contribution in [3.63, 3.8) is 0 Å². The van der Waals surface area contributed by atoms with E-state index in [4.69, 9.17) is 0 Å². The van der Waals surface area contributed by atoms with Crippen molar-refractivity contribution >= 4 is 23.3 Å². The monoisotopic (exact) mass is 367 g/mol. The van der Waals surface area contributed by atoms with Gasteiger partial charge in [0.15, 0.2) is 0 Å². The molecule has 4 heterocycles. The smallest absolute Gasteiger partial charge is 0.317 e. The minimum absolute atomic E-state index is 0.0194. The zero-order chi connectivity index (χ0) is 17.8. The first-order valence-corrected chi connectivity index (χ1v) is 9.07. The first kappa shape index (κ1) is 16.4. The van der Waals surface area contributed by atoms with Crippen LogP contribution in [0, 0.1) is 0 Å². The predicted octanol–water partition coefficient (Wildman–Crippen LogP) is 2.10. The Bertz CT molecular complexity index is 899. The van der Waals surface area contributed by atoms with E-state index in [0.717, 1.165) is 27.7 Å². The summed E-state index contributed by atoms with van der Waals surface area (Å²) in [5.74, 6) is 0.540. The summed E-state index contributed by atoms with van der Waals surface area (Å²) in [6, 6.07) is 5.72. The standard InChI is InChI=1S/C17H17N7OS/c25-17-21-7-9-24(17)8-6-20-16-19-5-3-13(23-16)14-11-22-15(26-14)12-2-1-4-18-10-12/h1-5,10-11H,6-9H2,(H,21,25)(H,19,20,23). The van der Waals surface area contributed by atoms with Gasteiger partial charge >= 0.3 is 6.03 Å². The number of rotatable bonds is 6. The van der Waals surface area contributed by atoms with Gasteiger partial charge in [-0.3, -0.25) is 4.98 Å². The maximum absolute atomic E-state index is 11.5. The number of anilines is 1. The van der Waals surface area contributed by atoms with Crippen molar-refractivity contribution in [2.45, 2.75) is 0 Å². The van der Waals surface area contributed by atoms with E-state index in [0.29, 0.717) is 25.6 Å². The third-order valence-corrected chi connectivity index (χ3v) is 5.00. The largest absolute Gasteiger partial charge is 0.352 e. The molecule has 3 aromatic rings. The average Bonchev–Trinajstić information content (AvgIpc) is 3.33. The molecule has 2 amide bonds. The Morgan fingerprint density at radius 2 is 2.19 bits per heavy atom. The number of amides is 2. The van der Waals surface area contributed by atoms with Crippen LogP contribution in [0.15, 0.2) is 43.0 Å². The number of carbonyl (C=O) groups is 1. The Balaban J connectivity index is 1.42. The quantitative estimate of drug-likeness (QED) is 0.693. The highest BCUT2D eigenvalue weighted by molar-refractivity contribution is 7.18. The molecule has 132 valence electrons. The first-order valence-electron chi connectivity index (χ1n) is 8.26. The van der Waals surface area contributed by atoms with Gasteiger partial charge in [0.2, 0.25) is 5.95 Å². The lowest BCUT2D eigenvalue weighted by atomic mass is 10.3. The molecule has 4 rings (SSSR count). The second-order valence-electron chi connectivity index (χ2n) is 5.68. The van der Waals surface area contributed by atoms with E-state index in [9.17, 15) is 4.79 Å². The van der Waals surface area contributed by atoms with Gasteiger partial charge in [-0.05, 0) is 18.2 Å². The number of hydrogen-bond acceptors (Lipinski definition) is 7. The molecule has 26 heavy (non-hydrogen) atoms. The number of aromatic nitrogens is 4. The molecule has 1 aliphatic rings.